The Bertz CT molecular complexity index is 933. The highest BCUT2D eigenvalue weighted by molar-refractivity contribution is 6.42. The number of nitrogens with zero attached hydrogens (tertiary/aromatic N) is 1. The molecule has 2 atom stereocenters. The van der Waals surface area contributed by atoms with Crippen molar-refractivity contribution in [2.24, 2.45) is 5.92 Å². The van der Waals surface area contributed by atoms with Crippen LogP contribution < -0.4 is 0 Å². The molecule has 4 rings (SSSR count). The number of carbonyl (C=O) groups excluding carboxylic acids is 1. The van der Waals surface area contributed by atoms with Gasteiger partial charge in [0.15, 0.2) is 0 Å². The van der Waals surface area contributed by atoms with Gasteiger partial charge in [0, 0.05) is 18.5 Å². The Morgan fingerprint density at radius 1 is 1.10 bits per heavy atom. The molecule has 0 radical (unpaired) electrons. The molecule has 0 spiro atoms. The fourth-order valence-corrected chi connectivity index (χ4v) is 4.72. The van der Waals surface area contributed by atoms with E-state index in [-0.39, 0.29) is 18.1 Å². The van der Waals surface area contributed by atoms with E-state index in [2.05, 4.69) is 24.3 Å². The minimum Gasteiger partial charge on any atom is -0.444 e. The van der Waals surface area contributed by atoms with E-state index in [0.717, 1.165) is 24.9 Å². The molecule has 1 saturated carbocycles. The third-order valence-corrected chi connectivity index (χ3v) is 6.71. The van der Waals surface area contributed by atoms with Crippen LogP contribution in [0.1, 0.15) is 56.2 Å². The predicted octanol–water partition coefficient (Wildman–Crippen LogP) is 6.89. The number of carbonyl (C=O) groups is 1. The van der Waals surface area contributed by atoms with E-state index < -0.39 is 5.60 Å². The van der Waals surface area contributed by atoms with E-state index >= 15 is 0 Å². The lowest BCUT2D eigenvalue weighted by Gasteiger charge is -2.35. The van der Waals surface area contributed by atoms with E-state index in [9.17, 15) is 4.79 Å². The molecule has 2 aromatic rings. The zero-order valence-electron chi connectivity index (χ0n) is 17.8. The van der Waals surface area contributed by atoms with Gasteiger partial charge in [0.1, 0.15) is 5.60 Å². The Labute approximate surface area is 189 Å². The number of benzene rings is 2. The fraction of sp³-hybridized carbons (Fsp3) is 0.480. The Balaban J connectivity index is 1.65. The molecule has 5 heteroatoms. The van der Waals surface area contributed by atoms with Gasteiger partial charge < -0.3 is 9.64 Å². The lowest BCUT2D eigenvalue weighted by Crippen LogP contribution is -2.46. The quantitative estimate of drug-likeness (QED) is 0.501. The number of hydrogen-bond donors (Lipinski definition) is 0. The summed E-state index contributed by atoms with van der Waals surface area (Å²) in [5, 5.41) is 1.13. The van der Waals surface area contributed by atoms with Crippen molar-refractivity contribution in [2.75, 3.05) is 6.54 Å². The van der Waals surface area contributed by atoms with Crippen LogP contribution in [0.5, 0.6) is 0 Å². The number of hydrogen-bond acceptors (Lipinski definition) is 2. The standard InChI is InChI=1S/C25H29Cl2NO2/c1-25(2,3)30-24(29)28(15-16-8-9-16)23-14-18-6-4-5-7-19(18)20(23)12-17-10-11-21(26)22(27)13-17/h4-7,10-11,13,16,20,23H,8-9,12,14-15H2,1-3H3/t20?,23-/m0/s1. The Kier molecular flexibility index (Phi) is 6.05. The molecule has 2 aliphatic carbocycles. The highest BCUT2D eigenvalue weighted by Gasteiger charge is 2.41. The van der Waals surface area contributed by atoms with Gasteiger partial charge in [0.2, 0.25) is 0 Å². The largest absolute Gasteiger partial charge is 0.444 e. The maximum atomic E-state index is 13.2. The van der Waals surface area contributed by atoms with Crippen LogP contribution in [0, 0.1) is 5.92 Å². The third kappa shape index (κ3) is 4.95. The zero-order chi connectivity index (χ0) is 21.5. The van der Waals surface area contributed by atoms with Gasteiger partial charge in [-0.1, -0.05) is 53.5 Å². The fourth-order valence-electron chi connectivity index (χ4n) is 4.40. The lowest BCUT2D eigenvalue weighted by atomic mass is 9.90. The van der Waals surface area contributed by atoms with E-state index in [0.29, 0.717) is 16.0 Å². The molecule has 0 aliphatic heterocycles. The van der Waals surface area contributed by atoms with Crippen LogP contribution in [0.2, 0.25) is 10.0 Å². The highest BCUT2D eigenvalue weighted by atomic mass is 35.5. The number of ether oxygens (including phenoxy) is 1. The maximum absolute atomic E-state index is 13.2. The summed E-state index contributed by atoms with van der Waals surface area (Å²) in [5.41, 5.74) is 3.25. The summed E-state index contributed by atoms with van der Waals surface area (Å²) >= 11 is 12.4. The van der Waals surface area contributed by atoms with Crippen LogP contribution in [0.4, 0.5) is 4.79 Å². The molecule has 0 aromatic heterocycles. The molecular weight excluding hydrogens is 417 g/mol. The average Bonchev–Trinajstić information content (AvgIpc) is 3.42. The van der Waals surface area contributed by atoms with Crippen LogP contribution >= 0.6 is 23.2 Å². The van der Waals surface area contributed by atoms with Gasteiger partial charge in [-0.05, 0) is 81.2 Å². The summed E-state index contributed by atoms with van der Waals surface area (Å²) in [6.07, 6.45) is 3.84. The van der Waals surface area contributed by atoms with E-state index in [1.54, 1.807) is 0 Å². The van der Waals surface area contributed by atoms with Crippen molar-refractivity contribution in [1.29, 1.82) is 0 Å². The summed E-state index contributed by atoms with van der Waals surface area (Å²) in [5.74, 6) is 0.788. The molecular formula is C25H29Cl2NO2. The van der Waals surface area contributed by atoms with Crippen molar-refractivity contribution in [3.05, 3.63) is 69.2 Å². The molecule has 3 nitrogen and oxygen atoms in total. The molecule has 0 bridgehead atoms. The van der Waals surface area contributed by atoms with Crippen molar-refractivity contribution in [2.45, 2.75) is 64.0 Å². The maximum Gasteiger partial charge on any atom is 0.410 e. The van der Waals surface area contributed by atoms with Crippen LogP contribution in [0.25, 0.3) is 0 Å². The highest BCUT2D eigenvalue weighted by Crippen LogP contribution is 2.41. The molecule has 160 valence electrons. The molecule has 2 aromatic carbocycles. The number of amides is 1. The molecule has 2 aliphatic rings. The van der Waals surface area contributed by atoms with Gasteiger partial charge in [-0.25, -0.2) is 4.79 Å². The van der Waals surface area contributed by atoms with Crippen LogP contribution in [0.3, 0.4) is 0 Å². The van der Waals surface area contributed by atoms with Crippen molar-refractivity contribution in [1.82, 2.24) is 4.90 Å². The third-order valence-electron chi connectivity index (χ3n) is 5.97. The Hall–Kier alpha value is -1.71. The van der Waals surface area contributed by atoms with Crippen LogP contribution in [-0.2, 0) is 17.6 Å². The molecule has 30 heavy (non-hydrogen) atoms. The van der Waals surface area contributed by atoms with E-state index in [1.807, 2.05) is 43.9 Å². The average molecular weight is 446 g/mol. The summed E-state index contributed by atoms with van der Waals surface area (Å²) in [6, 6.07) is 14.4. The van der Waals surface area contributed by atoms with E-state index in [4.69, 9.17) is 27.9 Å². The first-order valence-electron chi connectivity index (χ1n) is 10.7. The van der Waals surface area contributed by atoms with Crippen LogP contribution in [0.15, 0.2) is 42.5 Å². The normalized spacial score (nSPS) is 20.7. The molecule has 1 unspecified atom stereocenters. The molecule has 1 fully saturated rings. The van der Waals surface area contributed by atoms with Crippen molar-refractivity contribution in [3.63, 3.8) is 0 Å². The zero-order valence-corrected chi connectivity index (χ0v) is 19.3. The van der Waals surface area contributed by atoms with Gasteiger partial charge in [-0.3, -0.25) is 0 Å². The summed E-state index contributed by atoms with van der Waals surface area (Å²) < 4.78 is 5.82. The molecule has 0 N–H and O–H groups in total. The molecule has 1 amide bonds. The SMILES string of the molecule is CC(C)(C)OC(=O)N(CC1CC1)[C@H]1Cc2ccccc2C1Cc1ccc(Cl)c(Cl)c1. The molecule has 0 saturated heterocycles. The second-order valence-electron chi connectivity index (χ2n) is 9.61. The summed E-state index contributed by atoms with van der Waals surface area (Å²) in [4.78, 5) is 15.2. The summed E-state index contributed by atoms with van der Waals surface area (Å²) in [6.45, 7) is 6.55. The van der Waals surface area contributed by atoms with E-state index in [1.165, 1.54) is 24.0 Å². The number of fused-ring (bicyclic) bond motifs is 1. The minimum absolute atomic E-state index is 0.0762. The number of halogens is 2. The Morgan fingerprint density at radius 3 is 2.50 bits per heavy atom. The van der Waals surface area contributed by atoms with Crippen molar-refractivity contribution in [3.8, 4) is 0 Å². The van der Waals surface area contributed by atoms with Gasteiger partial charge in [-0.2, -0.15) is 0 Å². The summed E-state index contributed by atoms with van der Waals surface area (Å²) in [7, 11) is 0. The van der Waals surface area contributed by atoms with Gasteiger partial charge in [-0.15, -0.1) is 0 Å². The topological polar surface area (TPSA) is 29.5 Å². The predicted molar refractivity (Wildman–Crippen MR) is 123 cm³/mol. The first-order valence-corrected chi connectivity index (χ1v) is 11.5. The number of rotatable bonds is 5. The van der Waals surface area contributed by atoms with Gasteiger partial charge in [0.05, 0.1) is 10.0 Å². The van der Waals surface area contributed by atoms with Gasteiger partial charge >= 0.3 is 6.09 Å². The molecule has 0 heterocycles. The second-order valence-corrected chi connectivity index (χ2v) is 10.4. The smallest absolute Gasteiger partial charge is 0.410 e. The minimum atomic E-state index is -0.510. The monoisotopic (exact) mass is 445 g/mol. The van der Waals surface area contributed by atoms with Crippen molar-refractivity contribution >= 4 is 29.3 Å². The second kappa shape index (κ2) is 8.43. The first kappa shape index (κ1) is 21.5. The van der Waals surface area contributed by atoms with Gasteiger partial charge in [0.25, 0.3) is 0 Å². The Morgan fingerprint density at radius 2 is 1.83 bits per heavy atom. The first-order chi connectivity index (χ1) is 14.2. The van der Waals surface area contributed by atoms with Crippen LogP contribution in [-0.4, -0.2) is 29.2 Å². The van der Waals surface area contributed by atoms with Crippen molar-refractivity contribution < 1.29 is 9.53 Å². The lowest BCUT2D eigenvalue weighted by molar-refractivity contribution is 0.0131.